The van der Waals surface area contributed by atoms with Crippen molar-refractivity contribution in [3.8, 4) is 0 Å². The fourth-order valence-corrected chi connectivity index (χ4v) is 3.44. The maximum atomic E-state index is 13.0. The second-order valence-electron chi connectivity index (χ2n) is 7.37. The number of ketones is 1. The number of anilines is 1. The number of carbonyl (C=O) groups excluding carboxylic acids is 2. The number of hydrogen-bond acceptors (Lipinski definition) is 5. The molecule has 6 heteroatoms. The van der Waals surface area contributed by atoms with Crippen LogP contribution in [0, 0.1) is 6.92 Å². The van der Waals surface area contributed by atoms with Crippen molar-refractivity contribution in [2.24, 2.45) is 5.10 Å². The molecule has 1 amide bonds. The van der Waals surface area contributed by atoms with Crippen molar-refractivity contribution >= 4 is 23.1 Å². The van der Waals surface area contributed by atoms with Crippen LogP contribution in [0.2, 0.25) is 0 Å². The van der Waals surface area contributed by atoms with Gasteiger partial charge in [-0.15, -0.1) is 0 Å². The van der Waals surface area contributed by atoms with Crippen LogP contribution in [0.3, 0.4) is 0 Å². The molecular weight excluding hydrogens is 378 g/mol. The fraction of sp³-hybridized carbons (Fsp3) is 0.208. The topological polar surface area (TPSA) is 74.9 Å². The molecule has 1 aromatic heterocycles. The van der Waals surface area contributed by atoms with E-state index in [1.165, 1.54) is 17.5 Å². The summed E-state index contributed by atoms with van der Waals surface area (Å²) in [5.74, 6) is 0.558. The molecule has 3 aromatic rings. The van der Waals surface area contributed by atoms with E-state index in [0.717, 1.165) is 17.0 Å². The van der Waals surface area contributed by atoms with Gasteiger partial charge >= 0.3 is 0 Å². The number of carbonyl (C=O) groups is 2. The summed E-state index contributed by atoms with van der Waals surface area (Å²) in [6.45, 7) is 3.65. The zero-order chi connectivity index (χ0) is 21.1. The van der Waals surface area contributed by atoms with E-state index in [1.807, 2.05) is 43.3 Å². The average molecular weight is 401 g/mol. The van der Waals surface area contributed by atoms with Gasteiger partial charge in [0.15, 0.2) is 5.78 Å². The minimum atomic E-state index is -0.273. The van der Waals surface area contributed by atoms with Gasteiger partial charge in [0, 0.05) is 17.7 Å². The Morgan fingerprint density at radius 3 is 2.47 bits per heavy atom. The molecule has 6 nitrogen and oxygen atoms in total. The lowest BCUT2D eigenvalue weighted by molar-refractivity contribution is -0.131. The standard InChI is InChI=1S/C24H23N3O3/c1-16-5-7-19(8-6-16)21-14-22(23-4-3-13-30-23)27(26-21)24(29)15-25-20-11-9-18(10-12-20)17(2)28/h3-13,22,25H,14-15H2,1-2H3. The van der Waals surface area contributed by atoms with E-state index in [2.05, 4.69) is 10.4 Å². The lowest BCUT2D eigenvalue weighted by Gasteiger charge is -2.20. The summed E-state index contributed by atoms with van der Waals surface area (Å²) in [6.07, 6.45) is 2.20. The van der Waals surface area contributed by atoms with Crippen molar-refractivity contribution in [3.63, 3.8) is 0 Å². The van der Waals surface area contributed by atoms with Gasteiger partial charge in [-0.3, -0.25) is 9.59 Å². The van der Waals surface area contributed by atoms with Crippen LogP contribution < -0.4 is 5.32 Å². The molecule has 2 aromatic carbocycles. The monoisotopic (exact) mass is 401 g/mol. The van der Waals surface area contributed by atoms with E-state index >= 15 is 0 Å². The van der Waals surface area contributed by atoms with Crippen LogP contribution in [0.1, 0.15) is 46.6 Å². The van der Waals surface area contributed by atoms with Crippen molar-refractivity contribution < 1.29 is 14.0 Å². The highest BCUT2D eigenvalue weighted by Crippen LogP contribution is 2.33. The van der Waals surface area contributed by atoms with Crippen LogP contribution in [-0.4, -0.2) is 29.0 Å². The number of Topliss-reactive ketones (excluding diaryl/α,β-unsaturated/α-hetero) is 1. The number of aryl methyl sites for hydroxylation is 1. The Labute approximate surface area is 175 Å². The minimum Gasteiger partial charge on any atom is -0.467 e. The molecule has 1 unspecified atom stereocenters. The second-order valence-corrected chi connectivity index (χ2v) is 7.37. The number of hydrogen-bond donors (Lipinski definition) is 1. The first-order valence-electron chi connectivity index (χ1n) is 9.86. The Balaban J connectivity index is 1.51. The molecule has 0 bridgehead atoms. The lowest BCUT2D eigenvalue weighted by atomic mass is 10.0. The smallest absolute Gasteiger partial charge is 0.262 e. The third-order valence-electron chi connectivity index (χ3n) is 5.16. The molecule has 1 aliphatic rings. The number of furan rings is 1. The molecule has 0 radical (unpaired) electrons. The molecule has 0 fully saturated rings. The molecular formula is C24H23N3O3. The molecule has 1 aliphatic heterocycles. The summed E-state index contributed by atoms with van der Waals surface area (Å²) in [4.78, 5) is 24.4. The zero-order valence-electron chi connectivity index (χ0n) is 17.0. The van der Waals surface area contributed by atoms with E-state index in [0.29, 0.717) is 17.7 Å². The molecule has 0 saturated carbocycles. The van der Waals surface area contributed by atoms with Crippen LogP contribution in [0.25, 0.3) is 0 Å². The maximum Gasteiger partial charge on any atom is 0.262 e. The lowest BCUT2D eigenvalue weighted by Crippen LogP contribution is -2.32. The Kier molecular flexibility index (Phi) is 5.48. The predicted molar refractivity (Wildman–Crippen MR) is 116 cm³/mol. The van der Waals surface area contributed by atoms with Gasteiger partial charge in [0.1, 0.15) is 11.8 Å². The largest absolute Gasteiger partial charge is 0.467 e. The summed E-state index contributed by atoms with van der Waals surface area (Å²) < 4.78 is 5.58. The first-order valence-corrected chi connectivity index (χ1v) is 9.86. The number of nitrogens with zero attached hydrogens (tertiary/aromatic N) is 2. The van der Waals surface area contributed by atoms with Crippen LogP contribution in [0.15, 0.2) is 76.4 Å². The van der Waals surface area contributed by atoms with Gasteiger partial charge in [-0.05, 0) is 55.8 Å². The van der Waals surface area contributed by atoms with Gasteiger partial charge in [-0.25, -0.2) is 5.01 Å². The summed E-state index contributed by atoms with van der Waals surface area (Å²) in [7, 11) is 0. The molecule has 1 N–H and O–H groups in total. The Hall–Kier alpha value is -3.67. The Morgan fingerprint density at radius 1 is 1.10 bits per heavy atom. The average Bonchev–Trinajstić information content (AvgIpc) is 3.43. The number of hydrazone groups is 1. The van der Waals surface area contributed by atoms with Gasteiger partial charge in [0.05, 0.1) is 18.5 Å². The molecule has 30 heavy (non-hydrogen) atoms. The van der Waals surface area contributed by atoms with E-state index in [-0.39, 0.29) is 24.3 Å². The first-order chi connectivity index (χ1) is 14.5. The summed E-state index contributed by atoms with van der Waals surface area (Å²) in [5.41, 5.74) is 4.44. The van der Waals surface area contributed by atoms with Crippen LogP contribution in [-0.2, 0) is 4.79 Å². The van der Waals surface area contributed by atoms with E-state index in [4.69, 9.17) is 4.42 Å². The molecule has 0 spiro atoms. The third kappa shape index (κ3) is 4.17. The predicted octanol–water partition coefficient (Wildman–Crippen LogP) is 4.58. The number of benzene rings is 2. The quantitative estimate of drug-likeness (QED) is 0.614. The van der Waals surface area contributed by atoms with Gasteiger partial charge in [-0.2, -0.15) is 5.10 Å². The highest BCUT2D eigenvalue weighted by molar-refractivity contribution is 6.03. The van der Waals surface area contributed by atoms with Crippen LogP contribution >= 0.6 is 0 Å². The van der Waals surface area contributed by atoms with Gasteiger partial charge < -0.3 is 9.73 Å². The third-order valence-corrected chi connectivity index (χ3v) is 5.16. The number of rotatable bonds is 6. The van der Waals surface area contributed by atoms with Gasteiger partial charge in [-0.1, -0.05) is 29.8 Å². The van der Waals surface area contributed by atoms with Gasteiger partial charge in [0.25, 0.3) is 5.91 Å². The fourth-order valence-electron chi connectivity index (χ4n) is 3.44. The second kappa shape index (κ2) is 8.37. The van der Waals surface area contributed by atoms with Crippen molar-refractivity contribution in [1.29, 1.82) is 0 Å². The molecule has 0 aliphatic carbocycles. The van der Waals surface area contributed by atoms with Crippen molar-refractivity contribution in [2.75, 3.05) is 11.9 Å². The molecule has 152 valence electrons. The zero-order valence-corrected chi connectivity index (χ0v) is 17.0. The SMILES string of the molecule is CC(=O)c1ccc(NCC(=O)N2N=C(c3ccc(C)cc3)CC2c2ccco2)cc1. The van der Waals surface area contributed by atoms with Gasteiger partial charge in [0.2, 0.25) is 0 Å². The van der Waals surface area contributed by atoms with Crippen LogP contribution in [0.5, 0.6) is 0 Å². The highest BCUT2D eigenvalue weighted by Gasteiger charge is 2.34. The summed E-state index contributed by atoms with van der Waals surface area (Å²) >= 11 is 0. The van der Waals surface area contributed by atoms with E-state index in [1.54, 1.807) is 30.5 Å². The number of amides is 1. The summed E-state index contributed by atoms with van der Waals surface area (Å²) in [5, 5.41) is 9.25. The minimum absolute atomic E-state index is 0.00829. The van der Waals surface area contributed by atoms with Crippen molar-refractivity contribution in [2.45, 2.75) is 26.3 Å². The molecule has 2 heterocycles. The Morgan fingerprint density at radius 2 is 1.83 bits per heavy atom. The summed E-state index contributed by atoms with van der Waals surface area (Å²) in [6, 6.07) is 18.6. The highest BCUT2D eigenvalue weighted by atomic mass is 16.3. The first kappa shape index (κ1) is 19.6. The maximum absolute atomic E-state index is 13.0. The van der Waals surface area contributed by atoms with Crippen LogP contribution in [0.4, 0.5) is 5.69 Å². The number of nitrogens with one attached hydrogen (secondary N) is 1. The van der Waals surface area contributed by atoms with E-state index < -0.39 is 0 Å². The van der Waals surface area contributed by atoms with Crippen molar-refractivity contribution in [1.82, 2.24) is 5.01 Å². The molecule has 1 atom stereocenters. The molecule has 0 saturated heterocycles. The van der Waals surface area contributed by atoms with E-state index in [9.17, 15) is 9.59 Å². The normalized spacial score (nSPS) is 15.7. The van der Waals surface area contributed by atoms with Crippen molar-refractivity contribution in [3.05, 3.63) is 89.4 Å². The molecule has 4 rings (SSSR count). The Bertz CT molecular complexity index is 1070.